The fourth-order valence-electron chi connectivity index (χ4n) is 2.65. The number of aromatic nitrogens is 2. The molecule has 3 rings (SSSR count). The highest BCUT2D eigenvalue weighted by atomic mass is 16.5. The second kappa shape index (κ2) is 8.60. The summed E-state index contributed by atoms with van der Waals surface area (Å²) in [5.41, 5.74) is 0.584. The van der Waals surface area contributed by atoms with Crippen molar-refractivity contribution in [1.82, 2.24) is 9.78 Å². The van der Waals surface area contributed by atoms with Crippen molar-refractivity contribution in [3.05, 3.63) is 93.4 Å². The Kier molecular flexibility index (Phi) is 5.78. The molecule has 0 atom stereocenters. The summed E-state index contributed by atoms with van der Waals surface area (Å²) < 4.78 is 6.14. The number of nitriles is 1. The molecule has 0 N–H and O–H groups in total. The van der Waals surface area contributed by atoms with Gasteiger partial charge >= 0.3 is 5.97 Å². The number of hydrogen-bond donors (Lipinski definition) is 0. The summed E-state index contributed by atoms with van der Waals surface area (Å²) in [5, 5.41) is 13.8. The second-order valence-electron chi connectivity index (χ2n) is 5.77. The van der Waals surface area contributed by atoms with E-state index in [1.54, 1.807) is 49.4 Å². The van der Waals surface area contributed by atoms with E-state index in [9.17, 15) is 14.9 Å². The first kappa shape index (κ1) is 18.8. The van der Waals surface area contributed by atoms with Gasteiger partial charge in [0.05, 0.1) is 12.3 Å². The molecule has 0 amide bonds. The van der Waals surface area contributed by atoms with Gasteiger partial charge in [-0.3, -0.25) is 4.79 Å². The first-order valence-corrected chi connectivity index (χ1v) is 8.68. The van der Waals surface area contributed by atoms with Crippen molar-refractivity contribution < 1.29 is 9.53 Å². The van der Waals surface area contributed by atoms with Crippen molar-refractivity contribution in [2.45, 2.75) is 6.92 Å². The van der Waals surface area contributed by atoms with E-state index >= 15 is 0 Å². The molecule has 0 radical (unpaired) electrons. The van der Waals surface area contributed by atoms with Crippen LogP contribution in [-0.2, 0) is 4.74 Å². The molecule has 1 heterocycles. The minimum Gasteiger partial charge on any atom is -0.461 e. The van der Waals surface area contributed by atoms with Gasteiger partial charge in [-0.25, -0.2) is 4.79 Å². The van der Waals surface area contributed by atoms with Crippen LogP contribution in [0.4, 0.5) is 0 Å². The molecule has 1 aromatic heterocycles. The minimum absolute atomic E-state index is 0.0889. The van der Waals surface area contributed by atoms with Crippen molar-refractivity contribution in [2.24, 2.45) is 0 Å². The maximum Gasteiger partial charge on any atom is 0.359 e. The van der Waals surface area contributed by atoms with Crippen LogP contribution in [0.25, 0.3) is 17.8 Å². The third-order valence-electron chi connectivity index (χ3n) is 3.95. The van der Waals surface area contributed by atoms with Gasteiger partial charge in [0.25, 0.3) is 5.56 Å². The van der Waals surface area contributed by atoms with Crippen LogP contribution in [0.3, 0.4) is 0 Å². The summed E-state index contributed by atoms with van der Waals surface area (Å²) in [6.07, 6.45) is 3.26. The van der Waals surface area contributed by atoms with E-state index < -0.39 is 11.5 Å². The summed E-state index contributed by atoms with van der Waals surface area (Å²) in [6, 6.07) is 19.9. The molecule has 2 aromatic carbocycles. The molecular formula is C22H17N3O3. The quantitative estimate of drug-likeness (QED) is 0.641. The highest BCUT2D eigenvalue weighted by Crippen LogP contribution is 2.16. The smallest absolute Gasteiger partial charge is 0.359 e. The number of rotatable bonds is 5. The molecule has 0 bridgehead atoms. The normalized spacial score (nSPS) is 10.6. The lowest BCUT2D eigenvalue weighted by molar-refractivity contribution is 0.0517. The topological polar surface area (TPSA) is 85.0 Å². The number of ether oxygens (including phenoxy) is 1. The second-order valence-corrected chi connectivity index (χ2v) is 5.77. The van der Waals surface area contributed by atoms with Crippen molar-refractivity contribution in [2.75, 3.05) is 6.61 Å². The minimum atomic E-state index is -0.698. The van der Waals surface area contributed by atoms with Crippen LogP contribution in [0.5, 0.6) is 0 Å². The van der Waals surface area contributed by atoms with Gasteiger partial charge in [0.2, 0.25) is 0 Å². The molecule has 3 aromatic rings. The van der Waals surface area contributed by atoms with Crippen molar-refractivity contribution >= 4 is 18.1 Å². The highest BCUT2D eigenvalue weighted by Gasteiger charge is 2.22. The number of hydrogen-bond acceptors (Lipinski definition) is 5. The molecule has 6 heteroatoms. The Balaban J connectivity index is 2.24. The standard InChI is InChI=1S/C22H17N3O3/c1-2-28-22(27)20-18(14-13-16-9-5-3-6-10-16)19(15-23)21(26)25(24-20)17-11-7-4-8-12-17/h3-14H,2H2,1H3/b14-13+. The summed E-state index contributed by atoms with van der Waals surface area (Å²) in [4.78, 5) is 25.4. The molecule has 0 aliphatic carbocycles. The Morgan fingerprint density at radius 2 is 1.75 bits per heavy atom. The van der Waals surface area contributed by atoms with Crippen LogP contribution in [0.2, 0.25) is 0 Å². The zero-order valence-electron chi connectivity index (χ0n) is 15.2. The van der Waals surface area contributed by atoms with E-state index in [-0.39, 0.29) is 23.4 Å². The average molecular weight is 371 g/mol. The third-order valence-corrected chi connectivity index (χ3v) is 3.95. The molecular weight excluding hydrogens is 354 g/mol. The molecule has 0 spiro atoms. The Bertz CT molecular complexity index is 1110. The first-order valence-electron chi connectivity index (χ1n) is 8.68. The van der Waals surface area contributed by atoms with Gasteiger partial charge in [-0.1, -0.05) is 60.7 Å². The highest BCUT2D eigenvalue weighted by molar-refractivity contribution is 5.93. The van der Waals surface area contributed by atoms with E-state index in [4.69, 9.17) is 4.74 Å². The number of carbonyl (C=O) groups is 1. The maximum atomic E-state index is 12.9. The van der Waals surface area contributed by atoms with Gasteiger partial charge in [-0.15, -0.1) is 0 Å². The fourth-order valence-corrected chi connectivity index (χ4v) is 2.65. The fraction of sp³-hybridized carbons (Fsp3) is 0.0909. The largest absolute Gasteiger partial charge is 0.461 e. The number of carbonyl (C=O) groups excluding carboxylic acids is 1. The monoisotopic (exact) mass is 371 g/mol. The summed E-state index contributed by atoms with van der Waals surface area (Å²) in [7, 11) is 0. The summed E-state index contributed by atoms with van der Waals surface area (Å²) in [6.45, 7) is 1.82. The van der Waals surface area contributed by atoms with Crippen molar-refractivity contribution in [3.8, 4) is 11.8 Å². The molecule has 0 unspecified atom stereocenters. The van der Waals surface area contributed by atoms with Crippen LogP contribution < -0.4 is 5.56 Å². The predicted octanol–water partition coefficient (Wildman–Crippen LogP) is 3.45. The van der Waals surface area contributed by atoms with Crippen LogP contribution in [0, 0.1) is 11.3 Å². The lowest BCUT2D eigenvalue weighted by Crippen LogP contribution is -2.28. The molecule has 0 aliphatic heterocycles. The van der Waals surface area contributed by atoms with Crippen molar-refractivity contribution in [3.63, 3.8) is 0 Å². The summed E-state index contributed by atoms with van der Waals surface area (Å²) >= 11 is 0. The van der Waals surface area contributed by atoms with Gasteiger partial charge in [0, 0.05) is 5.56 Å². The molecule has 0 aliphatic rings. The first-order chi connectivity index (χ1) is 13.7. The Hall–Kier alpha value is -3.98. The van der Waals surface area contributed by atoms with Crippen molar-refractivity contribution in [1.29, 1.82) is 5.26 Å². The summed E-state index contributed by atoms with van der Waals surface area (Å²) in [5.74, 6) is -0.698. The van der Waals surface area contributed by atoms with Gasteiger partial charge in [0.1, 0.15) is 11.6 Å². The Morgan fingerprint density at radius 1 is 1.11 bits per heavy atom. The van der Waals surface area contributed by atoms with Crippen LogP contribution >= 0.6 is 0 Å². The molecule has 138 valence electrons. The van der Waals surface area contributed by atoms with E-state index in [0.717, 1.165) is 10.2 Å². The van der Waals surface area contributed by atoms with Crippen LogP contribution in [-0.4, -0.2) is 22.4 Å². The molecule has 0 fully saturated rings. The number of nitrogens with zero attached hydrogens (tertiary/aromatic N) is 3. The molecule has 0 saturated carbocycles. The third kappa shape index (κ3) is 3.89. The van der Waals surface area contributed by atoms with Gasteiger partial charge in [0.15, 0.2) is 5.69 Å². The molecule has 0 saturated heterocycles. The van der Waals surface area contributed by atoms with E-state index in [2.05, 4.69) is 5.10 Å². The lowest BCUT2D eigenvalue weighted by Gasteiger charge is -2.11. The Labute approximate surface area is 161 Å². The van der Waals surface area contributed by atoms with Gasteiger partial charge in [-0.2, -0.15) is 15.0 Å². The predicted molar refractivity (Wildman–Crippen MR) is 106 cm³/mol. The van der Waals surface area contributed by atoms with Crippen LogP contribution in [0.15, 0.2) is 65.5 Å². The number of esters is 1. The lowest BCUT2D eigenvalue weighted by atomic mass is 10.1. The number of para-hydroxylation sites is 1. The average Bonchev–Trinajstić information content (AvgIpc) is 2.73. The van der Waals surface area contributed by atoms with E-state index in [1.165, 1.54) is 0 Å². The number of benzene rings is 2. The maximum absolute atomic E-state index is 12.9. The Morgan fingerprint density at radius 3 is 2.36 bits per heavy atom. The van der Waals surface area contributed by atoms with E-state index in [0.29, 0.717) is 5.69 Å². The van der Waals surface area contributed by atoms with Gasteiger partial charge in [-0.05, 0) is 24.6 Å². The van der Waals surface area contributed by atoms with Crippen LogP contribution in [0.1, 0.15) is 34.1 Å². The van der Waals surface area contributed by atoms with Gasteiger partial charge < -0.3 is 4.74 Å². The molecule has 28 heavy (non-hydrogen) atoms. The molecule has 6 nitrogen and oxygen atoms in total. The SMILES string of the molecule is CCOC(=O)c1nn(-c2ccccc2)c(=O)c(C#N)c1/C=C/c1ccccc1. The zero-order valence-corrected chi connectivity index (χ0v) is 15.2. The zero-order chi connectivity index (χ0) is 19.9. The van der Waals surface area contributed by atoms with E-state index in [1.807, 2.05) is 36.4 Å².